The lowest BCUT2D eigenvalue weighted by atomic mass is 10.2. The Morgan fingerprint density at radius 3 is 2.67 bits per heavy atom. The molecule has 2 N–H and O–H groups in total. The summed E-state index contributed by atoms with van der Waals surface area (Å²) in [5, 5.41) is 18.0. The Hall–Kier alpha value is -1.56. The fourth-order valence-corrected chi connectivity index (χ4v) is 1.44. The molecule has 0 bridgehead atoms. The first-order chi connectivity index (χ1) is 6.99. The molecule has 0 aliphatic carbocycles. The molecule has 0 saturated carbocycles. The Morgan fingerprint density at radius 1 is 1.67 bits per heavy atom. The van der Waals surface area contributed by atoms with E-state index in [0.717, 1.165) is 0 Å². The Labute approximate surface area is 86.7 Å². The predicted molar refractivity (Wildman–Crippen MR) is 50.3 cm³/mol. The maximum Gasteiger partial charge on any atom is 0.337 e. The third kappa shape index (κ3) is 2.10. The lowest BCUT2D eigenvalue weighted by molar-refractivity contribution is -0.133. The van der Waals surface area contributed by atoms with Crippen molar-refractivity contribution >= 4 is 11.9 Å². The second-order valence-corrected chi connectivity index (χ2v) is 3.37. The Kier molecular flexibility index (Phi) is 3.31. The number of rotatable bonds is 4. The van der Waals surface area contributed by atoms with E-state index in [9.17, 15) is 14.7 Å². The third-order valence-corrected chi connectivity index (χ3v) is 2.28. The second kappa shape index (κ2) is 4.31. The van der Waals surface area contributed by atoms with Crippen molar-refractivity contribution in [1.82, 2.24) is 4.90 Å². The molecule has 1 amide bonds. The number of aliphatic hydroxyl groups is 1. The van der Waals surface area contributed by atoms with Crippen LogP contribution in [0.2, 0.25) is 0 Å². The van der Waals surface area contributed by atoms with Crippen molar-refractivity contribution in [3.8, 4) is 0 Å². The zero-order valence-electron chi connectivity index (χ0n) is 8.56. The highest BCUT2D eigenvalue weighted by Crippen LogP contribution is 2.19. The van der Waals surface area contributed by atoms with Crippen molar-refractivity contribution in [2.45, 2.75) is 13.0 Å². The van der Waals surface area contributed by atoms with Crippen molar-refractivity contribution in [3.05, 3.63) is 11.3 Å². The van der Waals surface area contributed by atoms with Gasteiger partial charge in [-0.05, 0) is 6.92 Å². The first-order valence-electron chi connectivity index (χ1n) is 4.44. The van der Waals surface area contributed by atoms with Crippen LogP contribution in [0.25, 0.3) is 0 Å². The Balaban J connectivity index is 2.79. The van der Waals surface area contributed by atoms with E-state index in [2.05, 4.69) is 0 Å². The van der Waals surface area contributed by atoms with E-state index in [1.165, 1.54) is 12.0 Å². The van der Waals surface area contributed by atoms with Crippen molar-refractivity contribution in [1.29, 1.82) is 0 Å². The van der Waals surface area contributed by atoms with Gasteiger partial charge in [-0.1, -0.05) is 0 Å². The van der Waals surface area contributed by atoms with E-state index in [1.54, 1.807) is 6.92 Å². The lowest BCUT2D eigenvalue weighted by Crippen LogP contribution is -2.38. The molecule has 0 radical (unpaired) electrons. The normalized spacial score (nSPS) is 18.5. The Morgan fingerprint density at radius 2 is 2.27 bits per heavy atom. The third-order valence-electron chi connectivity index (χ3n) is 2.28. The number of nitrogens with zero attached hydrogens (tertiary/aromatic N) is 1. The van der Waals surface area contributed by atoms with Crippen LogP contribution in [-0.4, -0.2) is 53.3 Å². The summed E-state index contributed by atoms with van der Waals surface area (Å²) in [7, 11) is 1.49. The van der Waals surface area contributed by atoms with Crippen LogP contribution in [0.4, 0.5) is 0 Å². The fraction of sp³-hybridized carbons (Fsp3) is 0.556. The van der Waals surface area contributed by atoms with Gasteiger partial charge in [0.25, 0.3) is 5.91 Å². The van der Waals surface area contributed by atoms with Crippen molar-refractivity contribution in [2.75, 3.05) is 20.3 Å². The van der Waals surface area contributed by atoms with Gasteiger partial charge in [0, 0.05) is 7.11 Å². The molecule has 0 saturated heterocycles. The molecule has 0 aromatic rings. The molecule has 1 aliphatic rings. The molecule has 1 heterocycles. The van der Waals surface area contributed by atoms with Gasteiger partial charge in [0.2, 0.25) is 0 Å². The summed E-state index contributed by atoms with van der Waals surface area (Å²) in [5.74, 6) is -2.60. The van der Waals surface area contributed by atoms with Crippen LogP contribution in [0.5, 0.6) is 0 Å². The van der Waals surface area contributed by atoms with E-state index < -0.39 is 17.6 Å². The highest BCUT2D eigenvalue weighted by atomic mass is 16.5. The van der Waals surface area contributed by atoms with E-state index in [1.807, 2.05) is 0 Å². The summed E-state index contributed by atoms with van der Waals surface area (Å²) in [6, 6.07) is -0.263. The minimum Gasteiger partial charge on any atom is -0.503 e. The number of carboxylic acids is 1. The number of methoxy groups -OCH3 is 1. The van der Waals surface area contributed by atoms with Crippen LogP contribution in [0, 0.1) is 0 Å². The number of carboxylic acid groups (broad SMARTS) is 1. The molecular weight excluding hydrogens is 202 g/mol. The zero-order chi connectivity index (χ0) is 11.6. The Bertz CT molecular complexity index is 322. The van der Waals surface area contributed by atoms with E-state index in [4.69, 9.17) is 9.84 Å². The lowest BCUT2D eigenvalue weighted by Gasteiger charge is -2.23. The smallest absolute Gasteiger partial charge is 0.337 e. The SMILES string of the molecule is COC[C@H](C)N1CC(C(=O)O)=C(O)C1=O. The maximum atomic E-state index is 11.4. The van der Waals surface area contributed by atoms with Crippen molar-refractivity contribution in [2.24, 2.45) is 0 Å². The highest BCUT2D eigenvalue weighted by Gasteiger charge is 2.36. The number of aliphatic hydroxyl groups excluding tert-OH is 1. The number of ether oxygens (including phenoxy) is 1. The summed E-state index contributed by atoms with van der Waals surface area (Å²) in [6.45, 7) is 1.94. The molecule has 0 unspecified atom stereocenters. The van der Waals surface area contributed by atoms with Crippen LogP contribution in [-0.2, 0) is 14.3 Å². The first-order valence-corrected chi connectivity index (χ1v) is 4.44. The van der Waals surface area contributed by atoms with Crippen LogP contribution in [0.3, 0.4) is 0 Å². The minimum absolute atomic E-state index is 0.0788. The van der Waals surface area contributed by atoms with Gasteiger partial charge in [-0.25, -0.2) is 4.79 Å². The largest absolute Gasteiger partial charge is 0.503 e. The summed E-state index contributed by atoms with van der Waals surface area (Å²) in [6.07, 6.45) is 0. The molecule has 1 rings (SSSR count). The molecule has 0 spiro atoms. The molecule has 6 heteroatoms. The average molecular weight is 215 g/mol. The van der Waals surface area contributed by atoms with Gasteiger partial charge in [-0.2, -0.15) is 0 Å². The highest BCUT2D eigenvalue weighted by molar-refractivity contribution is 6.04. The topological polar surface area (TPSA) is 87.1 Å². The second-order valence-electron chi connectivity index (χ2n) is 3.37. The molecule has 6 nitrogen and oxygen atoms in total. The standard InChI is InChI=1S/C9H13NO5/c1-5(4-15-2)10-3-6(9(13)14)7(11)8(10)12/h5,11H,3-4H2,1-2H3,(H,13,14)/t5-/m0/s1. The molecule has 0 fully saturated rings. The molecule has 1 aliphatic heterocycles. The number of carbonyl (C=O) groups excluding carboxylic acids is 1. The van der Waals surface area contributed by atoms with Gasteiger partial charge in [0.15, 0.2) is 5.76 Å². The molecular formula is C9H13NO5. The van der Waals surface area contributed by atoms with Crippen molar-refractivity contribution < 1.29 is 24.5 Å². The van der Waals surface area contributed by atoms with Crippen LogP contribution in [0.15, 0.2) is 11.3 Å². The molecule has 1 atom stereocenters. The van der Waals surface area contributed by atoms with E-state index in [-0.39, 0.29) is 18.2 Å². The first kappa shape index (κ1) is 11.5. The van der Waals surface area contributed by atoms with E-state index >= 15 is 0 Å². The minimum atomic E-state index is -1.27. The quantitative estimate of drug-likeness (QED) is 0.675. The van der Waals surface area contributed by atoms with Crippen LogP contribution >= 0.6 is 0 Å². The van der Waals surface area contributed by atoms with Gasteiger partial charge < -0.3 is 19.8 Å². The zero-order valence-corrected chi connectivity index (χ0v) is 8.56. The monoisotopic (exact) mass is 215 g/mol. The van der Waals surface area contributed by atoms with Gasteiger partial charge in [0.05, 0.1) is 19.2 Å². The van der Waals surface area contributed by atoms with Crippen molar-refractivity contribution in [3.63, 3.8) is 0 Å². The number of amides is 1. The predicted octanol–water partition coefficient (Wildman–Crippen LogP) is -0.240. The van der Waals surface area contributed by atoms with Gasteiger partial charge in [-0.3, -0.25) is 4.79 Å². The number of aliphatic carboxylic acids is 1. The van der Waals surface area contributed by atoms with Gasteiger partial charge >= 0.3 is 5.97 Å². The number of hydrogen-bond donors (Lipinski definition) is 2. The fourth-order valence-electron chi connectivity index (χ4n) is 1.44. The molecule has 15 heavy (non-hydrogen) atoms. The maximum absolute atomic E-state index is 11.4. The summed E-state index contributed by atoms with van der Waals surface area (Å²) >= 11 is 0. The van der Waals surface area contributed by atoms with Crippen LogP contribution in [0.1, 0.15) is 6.92 Å². The van der Waals surface area contributed by atoms with Gasteiger partial charge in [-0.15, -0.1) is 0 Å². The summed E-state index contributed by atoms with van der Waals surface area (Å²) < 4.78 is 4.85. The average Bonchev–Trinajstić information content (AvgIpc) is 2.45. The number of carbonyl (C=O) groups is 2. The van der Waals surface area contributed by atoms with Gasteiger partial charge in [0.1, 0.15) is 5.57 Å². The molecule has 84 valence electrons. The summed E-state index contributed by atoms with van der Waals surface area (Å²) in [5.41, 5.74) is -0.261. The molecule has 0 aromatic carbocycles. The molecule has 0 aromatic heterocycles. The summed E-state index contributed by atoms with van der Waals surface area (Å²) in [4.78, 5) is 23.4. The van der Waals surface area contributed by atoms with Crippen LogP contribution < -0.4 is 0 Å². The van der Waals surface area contributed by atoms with E-state index in [0.29, 0.717) is 6.61 Å². The number of hydrogen-bond acceptors (Lipinski definition) is 4.